The average molecular weight is 324 g/mol. The Bertz CT molecular complexity index is 581. The van der Waals surface area contributed by atoms with E-state index in [4.69, 9.17) is 10.5 Å². The van der Waals surface area contributed by atoms with Crippen molar-refractivity contribution in [2.75, 3.05) is 7.11 Å². The zero-order valence-electron chi connectivity index (χ0n) is 10.8. The predicted octanol–water partition coefficient (Wildman–Crippen LogP) is 3.82. The van der Waals surface area contributed by atoms with E-state index in [1.807, 2.05) is 24.3 Å². The Balaban J connectivity index is 2.48. The Morgan fingerprint density at radius 1 is 1.16 bits per heavy atom. The molecule has 2 rings (SSSR count). The van der Waals surface area contributed by atoms with Crippen molar-refractivity contribution in [3.63, 3.8) is 0 Å². The second kappa shape index (κ2) is 5.31. The summed E-state index contributed by atoms with van der Waals surface area (Å²) in [5, 5.41) is 0. The molecule has 2 N–H and O–H groups in total. The molecule has 0 aromatic heterocycles. The van der Waals surface area contributed by atoms with Crippen LogP contribution in [-0.2, 0) is 5.54 Å². The standard InChI is InChI=1S/C15H15BrFNO/c1-15(18,10-6-8-11(19-2)9-7-10)12-4-3-5-13(16)14(12)17/h3-9H,18H2,1-2H3. The molecule has 2 nitrogen and oxygen atoms in total. The Labute approximate surface area is 120 Å². The summed E-state index contributed by atoms with van der Waals surface area (Å²) < 4.78 is 19.7. The van der Waals surface area contributed by atoms with Gasteiger partial charge >= 0.3 is 0 Å². The second-order valence-electron chi connectivity index (χ2n) is 4.53. The molecule has 0 heterocycles. The molecular weight excluding hydrogens is 309 g/mol. The van der Waals surface area contributed by atoms with E-state index in [1.54, 1.807) is 32.2 Å². The van der Waals surface area contributed by atoms with Crippen LogP contribution in [0.15, 0.2) is 46.9 Å². The van der Waals surface area contributed by atoms with Crippen LogP contribution < -0.4 is 10.5 Å². The topological polar surface area (TPSA) is 35.2 Å². The predicted molar refractivity (Wildman–Crippen MR) is 77.7 cm³/mol. The summed E-state index contributed by atoms with van der Waals surface area (Å²) in [6.45, 7) is 1.79. The van der Waals surface area contributed by atoms with Gasteiger partial charge in [0.1, 0.15) is 11.6 Å². The Hall–Kier alpha value is -1.39. The van der Waals surface area contributed by atoms with Gasteiger partial charge in [-0.2, -0.15) is 0 Å². The van der Waals surface area contributed by atoms with Gasteiger partial charge in [-0.1, -0.05) is 24.3 Å². The van der Waals surface area contributed by atoms with E-state index >= 15 is 0 Å². The SMILES string of the molecule is COc1ccc(C(C)(N)c2cccc(Br)c2F)cc1. The van der Waals surface area contributed by atoms with Gasteiger partial charge in [0, 0.05) is 5.56 Å². The molecule has 0 fully saturated rings. The molecule has 2 aromatic rings. The molecule has 19 heavy (non-hydrogen) atoms. The minimum Gasteiger partial charge on any atom is -0.497 e. The fourth-order valence-corrected chi connectivity index (χ4v) is 2.36. The zero-order chi connectivity index (χ0) is 14.0. The molecule has 0 radical (unpaired) electrons. The summed E-state index contributed by atoms with van der Waals surface area (Å²) >= 11 is 3.18. The third-order valence-electron chi connectivity index (χ3n) is 3.20. The van der Waals surface area contributed by atoms with Gasteiger partial charge in [0.15, 0.2) is 0 Å². The maximum atomic E-state index is 14.2. The molecule has 0 saturated carbocycles. The van der Waals surface area contributed by atoms with Crippen molar-refractivity contribution in [1.29, 1.82) is 0 Å². The van der Waals surface area contributed by atoms with Gasteiger partial charge in [0.25, 0.3) is 0 Å². The molecule has 0 aliphatic carbocycles. The van der Waals surface area contributed by atoms with E-state index in [9.17, 15) is 4.39 Å². The molecule has 0 bridgehead atoms. The first-order valence-corrected chi connectivity index (χ1v) is 6.64. The van der Waals surface area contributed by atoms with Gasteiger partial charge in [-0.25, -0.2) is 4.39 Å². The lowest BCUT2D eigenvalue weighted by Crippen LogP contribution is -2.35. The van der Waals surface area contributed by atoms with Crippen LogP contribution in [0.4, 0.5) is 4.39 Å². The molecular formula is C15H15BrFNO. The fourth-order valence-electron chi connectivity index (χ4n) is 2.00. The summed E-state index contributed by atoms with van der Waals surface area (Å²) in [5.74, 6) is 0.414. The highest BCUT2D eigenvalue weighted by Gasteiger charge is 2.27. The molecule has 0 spiro atoms. The summed E-state index contributed by atoms with van der Waals surface area (Å²) in [6.07, 6.45) is 0. The number of halogens is 2. The first kappa shape index (κ1) is 14.0. The maximum absolute atomic E-state index is 14.2. The lowest BCUT2D eigenvalue weighted by molar-refractivity contribution is 0.414. The number of methoxy groups -OCH3 is 1. The number of hydrogen-bond donors (Lipinski definition) is 1. The minimum absolute atomic E-state index is 0.330. The van der Waals surface area contributed by atoms with Crippen LogP contribution in [0, 0.1) is 5.82 Å². The largest absolute Gasteiger partial charge is 0.497 e. The average Bonchev–Trinajstić information content (AvgIpc) is 2.41. The quantitative estimate of drug-likeness (QED) is 0.931. The first-order valence-electron chi connectivity index (χ1n) is 5.84. The van der Waals surface area contributed by atoms with Crippen LogP contribution >= 0.6 is 15.9 Å². The first-order chi connectivity index (χ1) is 8.96. The van der Waals surface area contributed by atoms with Crippen molar-refractivity contribution < 1.29 is 9.13 Å². The Kier molecular flexibility index (Phi) is 3.92. The van der Waals surface area contributed by atoms with E-state index < -0.39 is 5.54 Å². The van der Waals surface area contributed by atoms with E-state index in [-0.39, 0.29) is 5.82 Å². The molecule has 100 valence electrons. The van der Waals surface area contributed by atoms with Gasteiger partial charge in [0.05, 0.1) is 17.1 Å². The molecule has 1 unspecified atom stereocenters. The molecule has 2 aromatic carbocycles. The van der Waals surface area contributed by atoms with Gasteiger partial charge in [-0.3, -0.25) is 0 Å². The molecule has 4 heteroatoms. The van der Waals surface area contributed by atoms with Gasteiger partial charge < -0.3 is 10.5 Å². The van der Waals surface area contributed by atoms with Gasteiger partial charge in [-0.15, -0.1) is 0 Å². The van der Waals surface area contributed by atoms with Crippen molar-refractivity contribution >= 4 is 15.9 Å². The number of nitrogens with two attached hydrogens (primary N) is 1. The van der Waals surface area contributed by atoms with E-state index in [0.717, 1.165) is 11.3 Å². The van der Waals surface area contributed by atoms with Crippen LogP contribution in [0.25, 0.3) is 0 Å². The van der Waals surface area contributed by atoms with E-state index in [1.165, 1.54) is 0 Å². The third kappa shape index (κ3) is 2.65. The minimum atomic E-state index is -0.903. The number of rotatable bonds is 3. The molecule has 0 aliphatic rings. The molecule has 0 saturated heterocycles. The highest BCUT2D eigenvalue weighted by Crippen LogP contribution is 2.32. The van der Waals surface area contributed by atoms with E-state index in [2.05, 4.69) is 15.9 Å². The van der Waals surface area contributed by atoms with Gasteiger partial charge in [-0.05, 0) is 46.6 Å². The fraction of sp³-hybridized carbons (Fsp3) is 0.200. The van der Waals surface area contributed by atoms with Crippen LogP contribution in [0.5, 0.6) is 5.75 Å². The normalized spacial score (nSPS) is 13.9. The highest BCUT2D eigenvalue weighted by molar-refractivity contribution is 9.10. The van der Waals surface area contributed by atoms with Crippen molar-refractivity contribution in [3.8, 4) is 5.75 Å². The summed E-state index contributed by atoms with van der Waals surface area (Å²) in [6, 6.07) is 12.5. The zero-order valence-corrected chi connectivity index (χ0v) is 12.4. The Morgan fingerprint density at radius 2 is 1.79 bits per heavy atom. The summed E-state index contributed by atoms with van der Waals surface area (Å²) in [4.78, 5) is 0. The van der Waals surface area contributed by atoms with Gasteiger partial charge in [0.2, 0.25) is 0 Å². The van der Waals surface area contributed by atoms with Crippen LogP contribution in [-0.4, -0.2) is 7.11 Å². The number of hydrogen-bond acceptors (Lipinski definition) is 2. The number of benzene rings is 2. The van der Waals surface area contributed by atoms with E-state index in [0.29, 0.717) is 10.0 Å². The number of ether oxygens (including phenoxy) is 1. The maximum Gasteiger partial charge on any atom is 0.142 e. The molecule has 0 amide bonds. The lowest BCUT2D eigenvalue weighted by atomic mass is 9.85. The Morgan fingerprint density at radius 3 is 2.37 bits per heavy atom. The molecule has 0 aliphatic heterocycles. The smallest absolute Gasteiger partial charge is 0.142 e. The van der Waals surface area contributed by atoms with Crippen molar-refractivity contribution in [3.05, 3.63) is 63.9 Å². The summed E-state index contributed by atoms with van der Waals surface area (Å²) in [5.41, 5.74) is 6.69. The molecule has 1 atom stereocenters. The monoisotopic (exact) mass is 323 g/mol. The second-order valence-corrected chi connectivity index (χ2v) is 5.39. The van der Waals surface area contributed by atoms with Crippen LogP contribution in [0.3, 0.4) is 0 Å². The van der Waals surface area contributed by atoms with Crippen molar-refractivity contribution in [2.24, 2.45) is 5.73 Å². The van der Waals surface area contributed by atoms with Crippen LogP contribution in [0.1, 0.15) is 18.1 Å². The van der Waals surface area contributed by atoms with Crippen LogP contribution in [0.2, 0.25) is 0 Å². The highest BCUT2D eigenvalue weighted by atomic mass is 79.9. The van der Waals surface area contributed by atoms with Crippen molar-refractivity contribution in [1.82, 2.24) is 0 Å². The van der Waals surface area contributed by atoms with Crippen molar-refractivity contribution in [2.45, 2.75) is 12.5 Å². The third-order valence-corrected chi connectivity index (χ3v) is 3.81. The lowest BCUT2D eigenvalue weighted by Gasteiger charge is -2.27. The summed E-state index contributed by atoms with van der Waals surface area (Å²) in [7, 11) is 1.60.